The summed E-state index contributed by atoms with van der Waals surface area (Å²) in [5.41, 5.74) is 16.4. The van der Waals surface area contributed by atoms with Gasteiger partial charge in [-0.2, -0.15) is 0 Å². The summed E-state index contributed by atoms with van der Waals surface area (Å²) in [6.07, 6.45) is 0. The van der Waals surface area contributed by atoms with Crippen molar-refractivity contribution in [1.82, 2.24) is 24.1 Å². The van der Waals surface area contributed by atoms with E-state index in [1.54, 1.807) is 0 Å². The van der Waals surface area contributed by atoms with Gasteiger partial charge in [-0.05, 0) is 99.8 Å². The van der Waals surface area contributed by atoms with Crippen LogP contribution in [0.5, 0.6) is 0 Å². The van der Waals surface area contributed by atoms with E-state index >= 15 is 0 Å². The summed E-state index contributed by atoms with van der Waals surface area (Å²) in [7, 11) is 0. The van der Waals surface area contributed by atoms with E-state index in [-0.39, 0.29) is 0 Å². The van der Waals surface area contributed by atoms with E-state index in [2.05, 4.69) is 252 Å². The second kappa shape index (κ2) is 17.1. The Kier molecular flexibility index (Phi) is 9.78. The highest BCUT2D eigenvalue weighted by Gasteiger charge is 2.20. The fourth-order valence-electron chi connectivity index (χ4n) is 10.8. The highest BCUT2D eigenvalue weighted by molar-refractivity contribution is 6.11. The van der Waals surface area contributed by atoms with Crippen molar-refractivity contribution in [2.45, 2.75) is 0 Å². The third-order valence-electron chi connectivity index (χ3n) is 14.2. The normalized spacial score (nSPS) is 11.6. The molecule has 0 aliphatic carbocycles. The Morgan fingerprint density at radius 1 is 0.222 bits per heavy atom. The molecule has 0 radical (unpaired) electrons. The monoisotopic (exact) mass is 917 g/mol. The molecule has 0 fully saturated rings. The Labute approximate surface area is 416 Å². The Bertz CT molecular complexity index is 4270. The number of nitrogens with zero attached hydrogens (tertiary/aromatic N) is 5. The minimum absolute atomic E-state index is 0.607. The van der Waals surface area contributed by atoms with E-state index < -0.39 is 0 Å². The van der Waals surface area contributed by atoms with Crippen LogP contribution in [-0.2, 0) is 0 Å². The number of benzene rings is 11. The number of para-hydroxylation sites is 4. The maximum Gasteiger partial charge on any atom is 0.164 e. The van der Waals surface area contributed by atoms with Crippen molar-refractivity contribution in [1.29, 1.82) is 0 Å². The van der Waals surface area contributed by atoms with Crippen LogP contribution in [0, 0.1) is 0 Å². The van der Waals surface area contributed by atoms with Crippen LogP contribution in [0.15, 0.2) is 261 Å². The van der Waals surface area contributed by atoms with Crippen LogP contribution in [0.1, 0.15) is 0 Å². The third-order valence-corrected chi connectivity index (χ3v) is 14.2. The first-order chi connectivity index (χ1) is 35.7. The molecule has 72 heavy (non-hydrogen) atoms. The van der Waals surface area contributed by atoms with Crippen LogP contribution in [0.4, 0.5) is 0 Å². The van der Waals surface area contributed by atoms with Crippen LogP contribution in [0.25, 0.3) is 133 Å². The van der Waals surface area contributed by atoms with E-state index in [4.69, 9.17) is 15.0 Å². The molecule has 14 aromatic rings. The van der Waals surface area contributed by atoms with Crippen molar-refractivity contribution in [3.8, 4) is 78.9 Å². The van der Waals surface area contributed by atoms with Crippen molar-refractivity contribution in [3.63, 3.8) is 0 Å². The minimum atomic E-state index is 0.607. The zero-order valence-corrected chi connectivity index (χ0v) is 39.1. The highest BCUT2D eigenvalue weighted by Crippen LogP contribution is 2.41. The molecule has 3 aromatic heterocycles. The number of hydrogen-bond acceptors (Lipinski definition) is 3. The summed E-state index contributed by atoms with van der Waals surface area (Å²) in [4.78, 5) is 15.7. The van der Waals surface area contributed by atoms with Gasteiger partial charge in [0, 0.05) is 49.4 Å². The molecule has 0 atom stereocenters. The summed E-state index contributed by atoms with van der Waals surface area (Å²) in [6.45, 7) is 0. The number of rotatable bonds is 8. The third kappa shape index (κ3) is 6.98. The highest BCUT2D eigenvalue weighted by atomic mass is 15.0. The van der Waals surface area contributed by atoms with Crippen LogP contribution >= 0.6 is 0 Å². The number of fused-ring (bicyclic) bond motifs is 7. The lowest BCUT2D eigenvalue weighted by atomic mass is 9.95. The van der Waals surface area contributed by atoms with E-state index in [1.165, 1.54) is 32.6 Å². The summed E-state index contributed by atoms with van der Waals surface area (Å²) in [5, 5.41) is 7.17. The van der Waals surface area contributed by atoms with E-state index in [9.17, 15) is 0 Å². The summed E-state index contributed by atoms with van der Waals surface area (Å²) in [6, 6.07) is 93.1. The Morgan fingerprint density at radius 3 is 1.01 bits per heavy atom. The smallest absolute Gasteiger partial charge is 0.164 e. The molecule has 14 rings (SSSR count). The quantitative estimate of drug-likeness (QED) is 0.153. The number of hydrogen-bond donors (Lipinski definition) is 0. The number of aromatic nitrogens is 5. The zero-order chi connectivity index (χ0) is 47.5. The molecule has 5 heteroatoms. The molecule has 0 amide bonds. The van der Waals surface area contributed by atoms with Crippen molar-refractivity contribution in [3.05, 3.63) is 261 Å². The molecule has 11 aromatic carbocycles. The van der Waals surface area contributed by atoms with Crippen LogP contribution < -0.4 is 0 Å². The summed E-state index contributed by atoms with van der Waals surface area (Å²) >= 11 is 0. The van der Waals surface area contributed by atoms with Crippen molar-refractivity contribution in [2.75, 3.05) is 0 Å². The summed E-state index contributed by atoms with van der Waals surface area (Å²) < 4.78 is 4.80. The van der Waals surface area contributed by atoms with Crippen molar-refractivity contribution < 1.29 is 0 Å². The fraction of sp³-hybridized carbons (Fsp3) is 0. The van der Waals surface area contributed by atoms with E-state index in [1.807, 2.05) is 18.2 Å². The van der Waals surface area contributed by atoms with Crippen molar-refractivity contribution in [2.24, 2.45) is 0 Å². The molecule has 3 heterocycles. The molecule has 0 saturated heterocycles. The first-order valence-electron chi connectivity index (χ1n) is 24.4. The molecular formula is C67H43N5. The molecule has 0 unspecified atom stereocenters. The molecule has 5 nitrogen and oxygen atoms in total. The molecule has 0 spiro atoms. The van der Waals surface area contributed by atoms with Crippen LogP contribution in [-0.4, -0.2) is 24.1 Å². The molecule has 336 valence electrons. The van der Waals surface area contributed by atoms with Crippen LogP contribution in [0.2, 0.25) is 0 Å². The molecular weight excluding hydrogens is 875 g/mol. The topological polar surface area (TPSA) is 48.5 Å². The Morgan fingerprint density at radius 2 is 0.542 bits per heavy atom. The van der Waals surface area contributed by atoms with Crippen molar-refractivity contribution >= 4 is 54.4 Å². The van der Waals surface area contributed by atoms with E-state index in [0.29, 0.717) is 17.5 Å². The maximum atomic E-state index is 5.30. The maximum absolute atomic E-state index is 5.30. The van der Waals surface area contributed by atoms with Gasteiger partial charge >= 0.3 is 0 Å². The van der Waals surface area contributed by atoms with Gasteiger partial charge in [-0.3, -0.25) is 0 Å². The first-order valence-corrected chi connectivity index (χ1v) is 24.4. The second-order valence-electron chi connectivity index (χ2n) is 18.4. The predicted molar refractivity (Wildman–Crippen MR) is 299 cm³/mol. The average molecular weight is 918 g/mol. The largest absolute Gasteiger partial charge is 0.309 e. The van der Waals surface area contributed by atoms with Gasteiger partial charge in [0.2, 0.25) is 0 Å². The Hall–Kier alpha value is -9.71. The fourth-order valence-corrected chi connectivity index (χ4v) is 10.8. The van der Waals surface area contributed by atoms with Crippen LogP contribution in [0.3, 0.4) is 0 Å². The van der Waals surface area contributed by atoms with Gasteiger partial charge < -0.3 is 9.13 Å². The Balaban J connectivity index is 0.904. The molecule has 0 N–H and O–H groups in total. The molecule has 0 aliphatic rings. The van der Waals surface area contributed by atoms with Gasteiger partial charge in [0.05, 0.1) is 33.4 Å². The SMILES string of the molecule is c1ccc(-c2nc(-c3ccc(-n4c5ccccc5c5ccccc54)c(-c4ccccc4)c3)nc(-c3ccc4ccc(-c5ccc(-n6c7ccccc7c7ccccc76)c(-c6ccccc6)c5)cc4c3)n2)cc1. The molecule has 0 bridgehead atoms. The lowest BCUT2D eigenvalue weighted by molar-refractivity contribution is 1.07. The second-order valence-corrected chi connectivity index (χ2v) is 18.4. The molecule has 0 aliphatic heterocycles. The lowest BCUT2D eigenvalue weighted by Crippen LogP contribution is -2.02. The summed E-state index contributed by atoms with van der Waals surface area (Å²) in [5.74, 6) is 1.84. The van der Waals surface area contributed by atoms with Gasteiger partial charge in [0.15, 0.2) is 17.5 Å². The van der Waals surface area contributed by atoms with E-state index in [0.717, 1.165) is 83.3 Å². The van der Waals surface area contributed by atoms with Gasteiger partial charge in [0.1, 0.15) is 0 Å². The lowest BCUT2D eigenvalue weighted by Gasteiger charge is -2.16. The zero-order valence-electron chi connectivity index (χ0n) is 39.1. The first kappa shape index (κ1) is 41.3. The van der Waals surface area contributed by atoms with Gasteiger partial charge in [0.25, 0.3) is 0 Å². The standard InChI is InChI=1S/C67H43N5/c1-4-18-45(19-5-1)57-42-49(36-38-63(57)71-59-28-14-10-24-53(59)54-25-11-15-29-60(54)71)48-34-32-44-33-35-50(41-52(44)40-48)66-68-65(47-22-8-3-9-23-47)69-67(70-66)51-37-39-64(58(43-51)46-20-6-2-7-21-46)72-61-30-16-12-26-55(61)56-27-13-17-31-62(56)72/h1-43H. The van der Waals surface area contributed by atoms with Gasteiger partial charge in [-0.25, -0.2) is 15.0 Å². The minimum Gasteiger partial charge on any atom is -0.309 e. The van der Waals surface area contributed by atoms with Gasteiger partial charge in [-0.1, -0.05) is 194 Å². The predicted octanol–water partition coefficient (Wildman–Crippen LogP) is 17.2. The average Bonchev–Trinajstić information content (AvgIpc) is 3.98. The molecule has 0 saturated carbocycles. The van der Waals surface area contributed by atoms with Gasteiger partial charge in [-0.15, -0.1) is 0 Å².